The molecule has 2 heterocycles. The summed E-state index contributed by atoms with van der Waals surface area (Å²) in [4.78, 5) is 12.3. The van der Waals surface area contributed by atoms with Crippen molar-refractivity contribution in [3.05, 3.63) is 53.9 Å². The number of nitrogens with zero attached hydrogens (tertiary/aromatic N) is 2. The van der Waals surface area contributed by atoms with Gasteiger partial charge in [0.25, 0.3) is 5.22 Å². The summed E-state index contributed by atoms with van der Waals surface area (Å²) in [6.45, 7) is 1.95. The molecule has 0 bridgehead atoms. The van der Waals surface area contributed by atoms with Gasteiger partial charge in [-0.15, -0.1) is 10.2 Å². The molecule has 1 saturated heterocycles. The van der Waals surface area contributed by atoms with Gasteiger partial charge in [0.1, 0.15) is 0 Å². The van der Waals surface area contributed by atoms with Crippen LogP contribution < -0.4 is 5.32 Å². The Bertz CT molecular complexity index is 1160. The molecule has 1 amide bonds. The predicted molar refractivity (Wildman–Crippen MR) is 116 cm³/mol. The summed E-state index contributed by atoms with van der Waals surface area (Å²) in [5, 5.41) is 13.5. The van der Waals surface area contributed by atoms with Crippen LogP contribution in [0.25, 0.3) is 10.8 Å². The zero-order valence-corrected chi connectivity index (χ0v) is 18.2. The zero-order valence-electron chi connectivity index (χ0n) is 16.6. The van der Waals surface area contributed by atoms with Crippen molar-refractivity contribution in [1.82, 2.24) is 15.5 Å². The molecule has 158 valence electrons. The maximum absolute atomic E-state index is 12.3. The Balaban J connectivity index is 1.27. The fraction of sp³-hybridized carbons (Fsp3) is 0.381. The maximum Gasteiger partial charge on any atom is 0.277 e. The van der Waals surface area contributed by atoms with E-state index in [1.807, 2.05) is 25.1 Å². The fourth-order valence-corrected chi connectivity index (χ4v) is 6.08. The van der Waals surface area contributed by atoms with Crippen LogP contribution in [0.3, 0.4) is 0 Å². The van der Waals surface area contributed by atoms with Crippen molar-refractivity contribution in [2.24, 2.45) is 5.92 Å². The van der Waals surface area contributed by atoms with Crippen LogP contribution in [0.2, 0.25) is 0 Å². The molecule has 0 spiro atoms. The van der Waals surface area contributed by atoms with Crippen LogP contribution in [0.15, 0.2) is 52.1 Å². The van der Waals surface area contributed by atoms with Crippen molar-refractivity contribution in [3.8, 4) is 0 Å². The van der Waals surface area contributed by atoms with Crippen LogP contribution in [-0.2, 0) is 21.1 Å². The minimum absolute atomic E-state index is 0.0272. The Labute approximate surface area is 179 Å². The molecule has 1 aromatic heterocycles. The van der Waals surface area contributed by atoms with Crippen LogP contribution in [0.5, 0.6) is 0 Å². The summed E-state index contributed by atoms with van der Waals surface area (Å²) in [5.41, 5.74) is 1.04. The number of benzene rings is 2. The van der Waals surface area contributed by atoms with Crippen molar-refractivity contribution in [2.45, 2.75) is 31.0 Å². The van der Waals surface area contributed by atoms with E-state index in [-0.39, 0.29) is 35.1 Å². The van der Waals surface area contributed by atoms with Crippen LogP contribution in [0, 0.1) is 5.92 Å². The number of amides is 1. The van der Waals surface area contributed by atoms with Crippen molar-refractivity contribution in [3.63, 3.8) is 0 Å². The second kappa shape index (κ2) is 8.77. The van der Waals surface area contributed by atoms with Gasteiger partial charge in [-0.2, -0.15) is 0 Å². The molecule has 0 aliphatic carbocycles. The van der Waals surface area contributed by atoms with E-state index in [2.05, 4.69) is 39.8 Å². The lowest BCUT2D eigenvalue weighted by Gasteiger charge is -2.14. The molecule has 1 N–H and O–H groups in total. The third-order valence-electron chi connectivity index (χ3n) is 5.22. The highest BCUT2D eigenvalue weighted by molar-refractivity contribution is 7.99. The Hall–Kier alpha value is -2.39. The number of fused-ring (bicyclic) bond motifs is 1. The number of carbonyl (C=O) groups excluding carboxylic acids is 1. The van der Waals surface area contributed by atoms with Gasteiger partial charge >= 0.3 is 0 Å². The largest absolute Gasteiger partial charge is 0.416 e. The topological polar surface area (TPSA) is 102 Å². The molecular weight excluding hydrogens is 422 g/mol. The van der Waals surface area contributed by atoms with Crippen LogP contribution >= 0.6 is 11.8 Å². The van der Waals surface area contributed by atoms with Crippen LogP contribution in [0.1, 0.15) is 30.8 Å². The first-order valence-electron chi connectivity index (χ1n) is 9.82. The van der Waals surface area contributed by atoms with Crippen molar-refractivity contribution in [1.29, 1.82) is 0 Å². The van der Waals surface area contributed by atoms with E-state index in [9.17, 15) is 13.2 Å². The summed E-state index contributed by atoms with van der Waals surface area (Å²) in [6, 6.07) is 14.2. The molecule has 1 aliphatic rings. The van der Waals surface area contributed by atoms with Crippen LogP contribution in [0.4, 0.5) is 0 Å². The molecule has 2 atom stereocenters. The molecule has 0 radical (unpaired) electrons. The highest BCUT2D eigenvalue weighted by atomic mass is 32.2. The van der Waals surface area contributed by atoms with Crippen molar-refractivity contribution < 1.29 is 17.6 Å². The quantitative estimate of drug-likeness (QED) is 0.557. The number of nitrogens with one attached hydrogen (secondary N) is 1. The predicted octanol–water partition coefficient (Wildman–Crippen LogP) is 3.17. The second-order valence-electron chi connectivity index (χ2n) is 7.62. The standard InChI is InChI=1S/C21H23N3O4S2/c1-14(17-7-6-16-4-2-3-5-18(16)11-17)22-19(25)12-29-21-24-23-20(28-21)10-15-8-9-30(26,27)13-15/h2-7,11,14-15H,8-10,12-13H2,1H3,(H,22,25). The number of hydrogen-bond donors (Lipinski definition) is 1. The van der Waals surface area contributed by atoms with Crippen molar-refractivity contribution >= 4 is 38.3 Å². The van der Waals surface area contributed by atoms with Gasteiger partial charge in [0, 0.05) is 6.42 Å². The molecule has 2 unspecified atom stereocenters. The summed E-state index contributed by atoms with van der Waals surface area (Å²) in [7, 11) is -2.93. The summed E-state index contributed by atoms with van der Waals surface area (Å²) >= 11 is 1.18. The molecule has 1 aliphatic heterocycles. The van der Waals surface area contributed by atoms with Gasteiger partial charge in [-0.25, -0.2) is 8.42 Å². The molecular formula is C21H23N3O4S2. The highest BCUT2D eigenvalue weighted by Crippen LogP contribution is 2.24. The number of sulfone groups is 1. The summed E-state index contributed by atoms with van der Waals surface area (Å²) in [6.07, 6.45) is 1.08. The first-order valence-corrected chi connectivity index (χ1v) is 12.6. The first kappa shape index (κ1) is 20.9. The molecule has 3 aromatic rings. The number of aromatic nitrogens is 2. The number of hydrogen-bond acceptors (Lipinski definition) is 7. The van der Waals surface area contributed by atoms with E-state index in [0.717, 1.165) is 16.3 Å². The zero-order chi connectivity index (χ0) is 21.1. The molecule has 30 heavy (non-hydrogen) atoms. The van der Waals surface area contributed by atoms with E-state index < -0.39 is 9.84 Å². The minimum atomic E-state index is -2.93. The molecule has 7 nitrogen and oxygen atoms in total. The number of thioether (sulfide) groups is 1. The van der Waals surface area contributed by atoms with Gasteiger partial charge in [-0.1, -0.05) is 48.2 Å². The molecule has 1 fully saturated rings. The fourth-order valence-electron chi connectivity index (χ4n) is 3.63. The van der Waals surface area contributed by atoms with E-state index in [1.165, 1.54) is 11.8 Å². The molecule has 0 saturated carbocycles. The molecule has 4 rings (SSSR count). The van der Waals surface area contributed by atoms with E-state index in [1.54, 1.807) is 0 Å². The number of carbonyl (C=O) groups is 1. The Morgan fingerprint density at radius 3 is 2.80 bits per heavy atom. The van der Waals surface area contributed by atoms with Crippen LogP contribution in [-0.4, -0.2) is 41.8 Å². The minimum Gasteiger partial charge on any atom is -0.416 e. The van der Waals surface area contributed by atoms with E-state index in [4.69, 9.17) is 4.42 Å². The van der Waals surface area contributed by atoms with Gasteiger partial charge in [0.05, 0.1) is 23.3 Å². The average Bonchev–Trinajstić information content (AvgIpc) is 3.31. The van der Waals surface area contributed by atoms with Gasteiger partial charge in [0.15, 0.2) is 9.84 Å². The van der Waals surface area contributed by atoms with Gasteiger partial charge in [-0.3, -0.25) is 4.79 Å². The van der Waals surface area contributed by atoms with E-state index >= 15 is 0 Å². The first-order chi connectivity index (χ1) is 14.4. The van der Waals surface area contributed by atoms with Gasteiger partial charge in [-0.05, 0) is 41.7 Å². The molecule has 2 aromatic carbocycles. The lowest BCUT2D eigenvalue weighted by Crippen LogP contribution is -2.28. The summed E-state index contributed by atoms with van der Waals surface area (Å²) < 4.78 is 28.7. The Kier molecular flexibility index (Phi) is 6.10. The SMILES string of the molecule is CC(NC(=O)CSc1nnc(CC2CCS(=O)(=O)C2)o1)c1ccc2ccccc2c1. The van der Waals surface area contributed by atoms with Crippen molar-refractivity contribution in [2.75, 3.05) is 17.3 Å². The Morgan fingerprint density at radius 1 is 1.23 bits per heavy atom. The van der Waals surface area contributed by atoms with Gasteiger partial charge in [0.2, 0.25) is 11.8 Å². The molecule has 9 heteroatoms. The lowest BCUT2D eigenvalue weighted by molar-refractivity contribution is -0.119. The highest BCUT2D eigenvalue weighted by Gasteiger charge is 2.29. The summed E-state index contributed by atoms with van der Waals surface area (Å²) in [5.74, 6) is 0.888. The third kappa shape index (κ3) is 5.20. The Morgan fingerprint density at radius 2 is 2.03 bits per heavy atom. The maximum atomic E-state index is 12.3. The monoisotopic (exact) mass is 445 g/mol. The second-order valence-corrected chi connectivity index (χ2v) is 10.8. The third-order valence-corrected chi connectivity index (χ3v) is 7.87. The average molecular weight is 446 g/mol. The number of rotatable bonds is 7. The lowest BCUT2D eigenvalue weighted by atomic mass is 10.0. The smallest absolute Gasteiger partial charge is 0.277 e. The van der Waals surface area contributed by atoms with Gasteiger partial charge < -0.3 is 9.73 Å². The normalized spacial score (nSPS) is 19.0. The van der Waals surface area contributed by atoms with E-state index in [0.29, 0.717) is 24.0 Å².